The molecule has 44 heavy (non-hydrogen) atoms. The lowest BCUT2D eigenvalue weighted by molar-refractivity contribution is -0.384. The summed E-state index contributed by atoms with van der Waals surface area (Å²) in [6, 6.07) is 27.3. The van der Waals surface area contributed by atoms with E-state index in [9.17, 15) is 14.9 Å². The van der Waals surface area contributed by atoms with Gasteiger partial charge in [-0.05, 0) is 68.6 Å². The van der Waals surface area contributed by atoms with Gasteiger partial charge in [0.1, 0.15) is 6.61 Å². The maximum absolute atomic E-state index is 12.8. The third-order valence-corrected chi connectivity index (χ3v) is 8.13. The highest BCUT2D eigenvalue weighted by Crippen LogP contribution is 2.13. The molecule has 9 nitrogen and oxygen atoms in total. The number of esters is 1. The van der Waals surface area contributed by atoms with Gasteiger partial charge in [0.25, 0.3) is 5.69 Å². The molecule has 3 aromatic carbocycles. The van der Waals surface area contributed by atoms with E-state index in [2.05, 4.69) is 50.3 Å². The van der Waals surface area contributed by atoms with Crippen LogP contribution in [0.2, 0.25) is 0 Å². The number of non-ortho nitro benzene ring substituents is 1. The van der Waals surface area contributed by atoms with E-state index in [1.807, 2.05) is 42.5 Å². The number of hydrogen-bond acceptors (Lipinski definition) is 8. The van der Waals surface area contributed by atoms with E-state index in [0.717, 1.165) is 102 Å². The van der Waals surface area contributed by atoms with Crippen LogP contribution >= 0.6 is 0 Å². The largest absolute Gasteiger partial charge is 0.460 e. The lowest BCUT2D eigenvalue weighted by Crippen LogP contribution is -2.42. The maximum atomic E-state index is 12.8. The number of carbonyl (C=O) groups is 1. The zero-order chi connectivity index (χ0) is 30.8. The van der Waals surface area contributed by atoms with E-state index < -0.39 is 0 Å². The van der Waals surface area contributed by atoms with Crippen LogP contribution in [-0.4, -0.2) is 97.6 Å². The molecular formula is C35H47N5O4. The molecular weight excluding hydrogens is 554 g/mol. The Labute approximate surface area is 262 Å². The van der Waals surface area contributed by atoms with E-state index in [-0.39, 0.29) is 29.7 Å². The Morgan fingerprint density at radius 1 is 0.682 bits per heavy atom. The summed E-state index contributed by atoms with van der Waals surface area (Å²) in [5, 5.41) is 14.7. The molecule has 236 valence electrons. The minimum Gasteiger partial charge on any atom is -0.460 e. The van der Waals surface area contributed by atoms with Crippen LogP contribution in [0.25, 0.3) is 0 Å². The first-order chi connectivity index (χ1) is 21.5. The van der Waals surface area contributed by atoms with Crippen LogP contribution in [0.1, 0.15) is 29.5 Å². The van der Waals surface area contributed by atoms with E-state index in [1.165, 1.54) is 5.56 Å². The molecule has 0 saturated carbocycles. The minimum atomic E-state index is -0.358. The van der Waals surface area contributed by atoms with Crippen LogP contribution in [0.3, 0.4) is 0 Å². The van der Waals surface area contributed by atoms with Gasteiger partial charge in [-0.2, -0.15) is 0 Å². The summed E-state index contributed by atoms with van der Waals surface area (Å²) in [4.78, 5) is 30.8. The van der Waals surface area contributed by atoms with Crippen LogP contribution in [0.15, 0.2) is 84.9 Å². The summed E-state index contributed by atoms with van der Waals surface area (Å²) in [6.07, 6.45) is 3.87. The normalized spacial score (nSPS) is 16.6. The fraction of sp³-hybridized carbons (Fsp3) is 0.457. The highest BCUT2D eigenvalue weighted by Gasteiger charge is 2.16. The fourth-order valence-corrected chi connectivity index (χ4v) is 5.50. The molecule has 1 aliphatic heterocycles. The Bertz CT molecular complexity index is 1240. The molecule has 0 spiro atoms. The molecule has 0 radical (unpaired) electrons. The molecule has 3 aromatic rings. The van der Waals surface area contributed by atoms with Gasteiger partial charge in [-0.15, -0.1) is 0 Å². The molecule has 1 fully saturated rings. The van der Waals surface area contributed by atoms with Gasteiger partial charge in [-0.3, -0.25) is 19.8 Å². The van der Waals surface area contributed by atoms with Gasteiger partial charge in [0.2, 0.25) is 0 Å². The van der Waals surface area contributed by atoms with Crippen LogP contribution < -0.4 is 5.32 Å². The highest BCUT2D eigenvalue weighted by atomic mass is 16.6. The standard InChI is InChI=1S/C35H47N5O4/c41-35(44-30-33-11-5-2-6-12-33)29-39-21-7-19-36-20-26-37(24-17-31-9-3-1-4-10-31)22-8-23-38(27-28-39)25-18-32-13-15-34(16-14-32)40(42)43/h1-6,9-16,36H,7-8,17-30H2. The van der Waals surface area contributed by atoms with Crippen molar-refractivity contribution in [2.45, 2.75) is 32.3 Å². The van der Waals surface area contributed by atoms with E-state index >= 15 is 0 Å². The zero-order valence-electron chi connectivity index (χ0n) is 25.8. The monoisotopic (exact) mass is 601 g/mol. The molecule has 4 rings (SSSR count). The molecule has 1 N–H and O–H groups in total. The first kappa shape index (κ1) is 33.3. The lowest BCUT2D eigenvalue weighted by atomic mass is 10.1. The van der Waals surface area contributed by atoms with Crippen molar-refractivity contribution in [3.63, 3.8) is 0 Å². The van der Waals surface area contributed by atoms with Crippen molar-refractivity contribution in [3.8, 4) is 0 Å². The summed E-state index contributed by atoms with van der Waals surface area (Å²) in [5.74, 6) is -0.200. The Balaban J connectivity index is 1.35. The molecule has 0 atom stereocenters. The summed E-state index contributed by atoms with van der Waals surface area (Å²) in [5.41, 5.74) is 3.56. The van der Waals surface area contributed by atoms with Gasteiger partial charge >= 0.3 is 5.97 Å². The number of rotatable bonds is 11. The highest BCUT2D eigenvalue weighted by molar-refractivity contribution is 5.71. The second kappa shape index (κ2) is 18.9. The fourth-order valence-electron chi connectivity index (χ4n) is 5.50. The molecule has 1 aliphatic rings. The number of nitro groups is 1. The minimum absolute atomic E-state index is 0.118. The smallest absolute Gasteiger partial charge is 0.320 e. The number of carbonyl (C=O) groups excluding carboxylic acids is 1. The lowest BCUT2D eigenvalue weighted by Gasteiger charge is -2.29. The molecule has 0 aliphatic carbocycles. The average Bonchev–Trinajstić information content (AvgIpc) is 3.05. The summed E-state index contributed by atoms with van der Waals surface area (Å²) in [7, 11) is 0. The summed E-state index contributed by atoms with van der Waals surface area (Å²) < 4.78 is 5.60. The molecule has 0 unspecified atom stereocenters. The maximum Gasteiger partial charge on any atom is 0.320 e. The number of nitrogens with one attached hydrogen (secondary N) is 1. The van der Waals surface area contributed by atoms with Gasteiger partial charge in [0, 0.05) is 51.4 Å². The average molecular weight is 602 g/mol. The van der Waals surface area contributed by atoms with Gasteiger partial charge in [-0.1, -0.05) is 72.8 Å². The zero-order valence-corrected chi connectivity index (χ0v) is 25.8. The third kappa shape index (κ3) is 12.5. The molecule has 0 aromatic heterocycles. The predicted molar refractivity (Wildman–Crippen MR) is 175 cm³/mol. The van der Waals surface area contributed by atoms with E-state index in [0.29, 0.717) is 0 Å². The number of hydrogen-bond donors (Lipinski definition) is 1. The van der Waals surface area contributed by atoms with Gasteiger partial charge in [0.05, 0.1) is 11.5 Å². The van der Waals surface area contributed by atoms with Crippen LogP contribution in [0.5, 0.6) is 0 Å². The molecule has 9 heteroatoms. The predicted octanol–water partition coefficient (Wildman–Crippen LogP) is 4.41. The van der Waals surface area contributed by atoms with Crippen molar-refractivity contribution in [2.24, 2.45) is 0 Å². The summed E-state index contributed by atoms with van der Waals surface area (Å²) >= 11 is 0. The van der Waals surface area contributed by atoms with Crippen molar-refractivity contribution in [3.05, 3.63) is 112 Å². The topological polar surface area (TPSA) is 91.2 Å². The quantitative estimate of drug-likeness (QED) is 0.196. The third-order valence-electron chi connectivity index (χ3n) is 8.13. The van der Waals surface area contributed by atoms with Crippen molar-refractivity contribution in [1.82, 2.24) is 20.0 Å². The first-order valence-electron chi connectivity index (χ1n) is 15.9. The number of benzene rings is 3. The van der Waals surface area contributed by atoms with Crippen molar-refractivity contribution in [2.75, 3.05) is 72.0 Å². The Hall–Kier alpha value is -3.63. The Morgan fingerprint density at radius 2 is 1.25 bits per heavy atom. The molecule has 1 saturated heterocycles. The molecule has 0 amide bonds. The Kier molecular flexibility index (Phi) is 14.3. The second-order valence-electron chi connectivity index (χ2n) is 11.5. The van der Waals surface area contributed by atoms with Crippen molar-refractivity contribution >= 4 is 11.7 Å². The number of ether oxygens (including phenoxy) is 1. The number of nitro benzene ring substituents is 1. The van der Waals surface area contributed by atoms with E-state index in [1.54, 1.807) is 12.1 Å². The van der Waals surface area contributed by atoms with Crippen LogP contribution in [0, 0.1) is 10.1 Å². The van der Waals surface area contributed by atoms with Crippen molar-refractivity contribution in [1.29, 1.82) is 0 Å². The van der Waals surface area contributed by atoms with Gasteiger partial charge < -0.3 is 19.9 Å². The molecule has 1 heterocycles. The SMILES string of the molecule is O=C(CN1CCCNCCN(CCc2ccccc2)CCCN(CCc2ccc([N+](=O)[O-])cc2)CC1)OCc1ccccc1. The van der Waals surface area contributed by atoms with Gasteiger partial charge in [0.15, 0.2) is 0 Å². The first-order valence-corrected chi connectivity index (χ1v) is 15.9. The Morgan fingerprint density at radius 3 is 1.91 bits per heavy atom. The second-order valence-corrected chi connectivity index (χ2v) is 11.5. The molecule has 0 bridgehead atoms. The van der Waals surface area contributed by atoms with E-state index in [4.69, 9.17) is 4.74 Å². The number of nitrogens with zero attached hydrogens (tertiary/aromatic N) is 4. The van der Waals surface area contributed by atoms with Crippen LogP contribution in [-0.2, 0) is 29.0 Å². The van der Waals surface area contributed by atoms with Crippen molar-refractivity contribution < 1.29 is 14.5 Å². The van der Waals surface area contributed by atoms with Crippen LogP contribution in [0.4, 0.5) is 5.69 Å². The van der Waals surface area contributed by atoms with Gasteiger partial charge in [-0.25, -0.2) is 0 Å². The summed E-state index contributed by atoms with van der Waals surface area (Å²) in [6.45, 7) is 9.73.